The molecule has 0 unspecified atom stereocenters. The number of hydrogen-bond acceptors (Lipinski definition) is 2. The number of nitrogens with one attached hydrogen (secondary N) is 1. The second kappa shape index (κ2) is 3.99. The smallest absolute Gasteiger partial charge is 0.0309 e. The van der Waals surface area contributed by atoms with E-state index in [1.807, 2.05) is 0 Å². The highest BCUT2D eigenvalue weighted by molar-refractivity contribution is 5.03. The molecule has 3 fully saturated rings. The van der Waals surface area contributed by atoms with Crippen LogP contribution in [0, 0.1) is 0 Å². The molecule has 2 heteroatoms. The van der Waals surface area contributed by atoms with Gasteiger partial charge in [-0.25, -0.2) is 0 Å². The zero-order chi connectivity index (χ0) is 11.1. The van der Waals surface area contributed by atoms with Crippen LogP contribution in [0.1, 0.15) is 58.3 Å². The van der Waals surface area contributed by atoms with Crippen LogP contribution in [0.4, 0.5) is 0 Å². The summed E-state index contributed by atoms with van der Waals surface area (Å²) in [6.07, 6.45) is 11.5. The molecule has 1 aliphatic heterocycles. The van der Waals surface area contributed by atoms with E-state index >= 15 is 0 Å². The van der Waals surface area contributed by atoms with E-state index in [-0.39, 0.29) is 0 Å². The van der Waals surface area contributed by atoms with Gasteiger partial charge in [0.2, 0.25) is 0 Å². The molecule has 0 aromatic carbocycles. The minimum atomic E-state index is 0.504. The zero-order valence-electron chi connectivity index (χ0n) is 10.7. The maximum absolute atomic E-state index is 3.82. The predicted molar refractivity (Wildman–Crippen MR) is 67.6 cm³/mol. The topological polar surface area (TPSA) is 15.3 Å². The summed E-state index contributed by atoms with van der Waals surface area (Å²) < 4.78 is 0. The van der Waals surface area contributed by atoms with Crippen molar-refractivity contribution in [3.63, 3.8) is 0 Å². The maximum Gasteiger partial charge on any atom is 0.0309 e. The fourth-order valence-electron chi connectivity index (χ4n) is 4.26. The van der Waals surface area contributed by atoms with Crippen molar-refractivity contribution >= 4 is 0 Å². The quantitative estimate of drug-likeness (QED) is 0.733. The van der Waals surface area contributed by atoms with Gasteiger partial charge in [0.1, 0.15) is 0 Å². The van der Waals surface area contributed by atoms with Gasteiger partial charge in [0.05, 0.1) is 0 Å². The molecule has 16 heavy (non-hydrogen) atoms. The van der Waals surface area contributed by atoms with Gasteiger partial charge in [-0.3, -0.25) is 4.90 Å². The van der Waals surface area contributed by atoms with E-state index in [0.717, 1.165) is 0 Å². The molecule has 0 bridgehead atoms. The number of rotatable bonds is 1. The number of hydrogen-bond donors (Lipinski definition) is 1. The van der Waals surface area contributed by atoms with E-state index < -0.39 is 0 Å². The molecule has 0 aromatic heterocycles. The molecule has 2 saturated carbocycles. The minimum absolute atomic E-state index is 0.504. The fourth-order valence-corrected chi connectivity index (χ4v) is 4.26. The molecular weight excluding hydrogens is 196 g/mol. The van der Waals surface area contributed by atoms with E-state index in [4.69, 9.17) is 0 Å². The Balaban J connectivity index is 1.72. The molecule has 0 atom stereocenters. The van der Waals surface area contributed by atoms with Crippen LogP contribution >= 0.6 is 0 Å². The highest BCUT2D eigenvalue weighted by Gasteiger charge is 2.43. The second-order valence-corrected chi connectivity index (χ2v) is 6.54. The average Bonchev–Trinajstić information content (AvgIpc) is 2.90. The van der Waals surface area contributed by atoms with Gasteiger partial charge in [0.25, 0.3) is 0 Å². The first kappa shape index (κ1) is 11.0. The predicted octanol–water partition coefficient (Wildman–Crippen LogP) is 2.54. The minimum Gasteiger partial charge on any atom is -0.309 e. The maximum atomic E-state index is 3.82. The van der Waals surface area contributed by atoms with Crippen LogP contribution in [0.3, 0.4) is 0 Å². The SMILES string of the molecule is CC1(N2CCNC3(CCCC3)C2)CCCC1. The van der Waals surface area contributed by atoms with Crippen molar-refractivity contribution in [2.45, 2.75) is 69.4 Å². The normalized spacial score (nSPS) is 33.6. The first-order valence-corrected chi connectivity index (χ1v) is 7.23. The molecule has 3 rings (SSSR count). The molecule has 1 spiro atoms. The Labute approximate surface area is 99.8 Å². The Morgan fingerprint density at radius 3 is 2.25 bits per heavy atom. The second-order valence-electron chi connectivity index (χ2n) is 6.54. The lowest BCUT2D eigenvalue weighted by atomic mass is 9.89. The van der Waals surface area contributed by atoms with Crippen LogP contribution in [0.25, 0.3) is 0 Å². The van der Waals surface area contributed by atoms with Gasteiger partial charge in [-0.1, -0.05) is 25.7 Å². The fraction of sp³-hybridized carbons (Fsp3) is 1.00. The monoisotopic (exact) mass is 222 g/mol. The molecule has 0 aromatic rings. The summed E-state index contributed by atoms with van der Waals surface area (Å²) in [5, 5.41) is 3.82. The van der Waals surface area contributed by atoms with E-state index in [9.17, 15) is 0 Å². The first-order chi connectivity index (χ1) is 7.73. The van der Waals surface area contributed by atoms with Crippen molar-refractivity contribution in [2.75, 3.05) is 19.6 Å². The molecular formula is C14H26N2. The van der Waals surface area contributed by atoms with Gasteiger partial charge in [-0.2, -0.15) is 0 Å². The molecule has 0 radical (unpaired) electrons. The first-order valence-electron chi connectivity index (χ1n) is 7.23. The van der Waals surface area contributed by atoms with Gasteiger partial charge in [0, 0.05) is 30.7 Å². The Hall–Kier alpha value is -0.0800. The molecule has 1 saturated heterocycles. The summed E-state index contributed by atoms with van der Waals surface area (Å²) in [4.78, 5) is 2.82. The van der Waals surface area contributed by atoms with Crippen molar-refractivity contribution in [3.05, 3.63) is 0 Å². The van der Waals surface area contributed by atoms with Crippen molar-refractivity contribution in [1.29, 1.82) is 0 Å². The Kier molecular flexibility index (Phi) is 2.75. The summed E-state index contributed by atoms with van der Waals surface area (Å²) in [6.45, 7) is 6.32. The molecule has 1 heterocycles. The van der Waals surface area contributed by atoms with Gasteiger partial charge < -0.3 is 5.32 Å². The van der Waals surface area contributed by atoms with Gasteiger partial charge in [-0.05, 0) is 32.6 Å². The molecule has 0 amide bonds. The average molecular weight is 222 g/mol. The van der Waals surface area contributed by atoms with E-state index in [1.165, 1.54) is 71.0 Å². The molecule has 2 aliphatic carbocycles. The third kappa shape index (κ3) is 1.80. The van der Waals surface area contributed by atoms with Crippen molar-refractivity contribution in [3.8, 4) is 0 Å². The number of piperazine rings is 1. The zero-order valence-corrected chi connectivity index (χ0v) is 10.7. The van der Waals surface area contributed by atoms with Crippen LogP contribution in [0.5, 0.6) is 0 Å². The van der Waals surface area contributed by atoms with Crippen molar-refractivity contribution in [2.24, 2.45) is 0 Å². The van der Waals surface area contributed by atoms with Crippen LogP contribution in [0.15, 0.2) is 0 Å². The van der Waals surface area contributed by atoms with E-state index in [1.54, 1.807) is 0 Å². The highest BCUT2D eigenvalue weighted by atomic mass is 15.3. The molecule has 3 aliphatic rings. The third-order valence-electron chi connectivity index (χ3n) is 5.38. The Morgan fingerprint density at radius 2 is 1.56 bits per heavy atom. The Morgan fingerprint density at radius 1 is 0.938 bits per heavy atom. The molecule has 1 N–H and O–H groups in total. The van der Waals surface area contributed by atoms with Crippen LogP contribution < -0.4 is 5.32 Å². The lowest BCUT2D eigenvalue weighted by Crippen LogP contribution is -2.63. The summed E-state index contributed by atoms with van der Waals surface area (Å²) in [7, 11) is 0. The Bertz CT molecular complexity index is 239. The summed E-state index contributed by atoms with van der Waals surface area (Å²) >= 11 is 0. The number of nitrogens with zero attached hydrogens (tertiary/aromatic N) is 1. The lowest BCUT2D eigenvalue weighted by molar-refractivity contribution is 0.0404. The standard InChI is InChI=1S/C14H26N2/c1-13(6-2-3-7-13)16-11-10-15-14(12-16)8-4-5-9-14/h15H,2-12H2,1H3. The largest absolute Gasteiger partial charge is 0.309 e. The summed E-state index contributed by atoms with van der Waals surface area (Å²) in [6, 6.07) is 0. The summed E-state index contributed by atoms with van der Waals surface area (Å²) in [5.41, 5.74) is 1.04. The highest BCUT2D eigenvalue weighted by Crippen LogP contribution is 2.39. The van der Waals surface area contributed by atoms with E-state index in [2.05, 4.69) is 17.1 Å². The van der Waals surface area contributed by atoms with Gasteiger partial charge >= 0.3 is 0 Å². The third-order valence-corrected chi connectivity index (χ3v) is 5.38. The molecule has 2 nitrogen and oxygen atoms in total. The van der Waals surface area contributed by atoms with Crippen molar-refractivity contribution < 1.29 is 0 Å². The van der Waals surface area contributed by atoms with Gasteiger partial charge in [-0.15, -0.1) is 0 Å². The lowest BCUT2D eigenvalue weighted by Gasteiger charge is -2.48. The summed E-state index contributed by atoms with van der Waals surface area (Å²) in [5.74, 6) is 0. The van der Waals surface area contributed by atoms with Crippen molar-refractivity contribution in [1.82, 2.24) is 10.2 Å². The molecule has 92 valence electrons. The van der Waals surface area contributed by atoms with Crippen LogP contribution in [-0.2, 0) is 0 Å². The van der Waals surface area contributed by atoms with E-state index in [0.29, 0.717) is 11.1 Å². The van der Waals surface area contributed by atoms with Crippen LogP contribution in [0.2, 0.25) is 0 Å². The van der Waals surface area contributed by atoms with Crippen LogP contribution in [-0.4, -0.2) is 35.6 Å². The van der Waals surface area contributed by atoms with Gasteiger partial charge in [0.15, 0.2) is 0 Å².